The summed E-state index contributed by atoms with van der Waals surface area (Å²) in [6, 6.07) is 6.57. The quantitative estimate of drug-likeness (QED) is 0.598. The lowest BCUT2D eigenvalue weighted by molar-refractivity contribution is 0.357. The fourth-order valence-electron chi connectivity index (χ4n) is 1.15. The minimum atomic E-state index is -3.64. The second-order valence-electron chi connectivity index (χ2n) is 3.51. The molecule has 0 spiro atoms. The molecule has 0 bridgehead atoms. The summed E-state index contributed by atoms with van der Waals surface area (Å²) in [5.74, 6) is 0. The zero-order valence-corrected chi connectivity index (χ0v) is 10.8. The maximum absolute atomic E-state index is 11.7. The van der Waals surface area contributed by atoms with E-state index in [9.17, 15) is 8.42 Å². The molecule has 1 aromatic rings. The molecule has 0 fully saturated rings. The van der Waals surface area contributed by atoms with Crippen molar-refractivity contribution in [3.63, 3.8) is 0 Å². The van der Waals surface area contributed by atoms with Crippen LogP contribution in [0.1, 0.15) is 12.5 Å². The standard InChI is InChI=1S/C13H16O3S/c1-3-4-5-6-11-16-17(14,15)13-9-7-12(2)8-10-13/h3-10H,11H2,1-2H3/b4-3+,6-5+. The maximum Gasteiger partial charge on any atom is 0.297 e. The molecule has 0 N–H and O–H groups in total. The Hall–Kier alpha value is -1.39. The van der Waals surface area contributed by atoms with Gasteiger partial charge in [-0.3, -0.25) is 4.18 Å². The third-order valence-corrected chi connectivity index (χ3v) is 3.36. The molecule has 4 heteroatoms. The lowest BCUT2D eigenvalue weighted by Crippen LogP contribution is -2.06. The van der Waals surface area contributed by atoms with Crippen LogP contribution in [-0.4, -0.2) is 15.0 Å². The Morgan fingerprint density at radius 3 is 2.41 bits per heavy atom. The molecule has 17 heavy (non-hydrogen) atoms. The van der Waals surface area contributed by atoms with E-state index in [4.69, 9.17) is 4.18 Å². The van der Waals surface area contributed by atoms with Crippen molar-refractivity contribution in [1.29, 1.82) is 0 Å². The smallest absolute Gasteiger partial charge is 0.262 e. The highest BCUT2D eigenvalue weighted by Gasteiger charge is 2.13. The predicted molar refractivity (Wildman–Crippen MR) is 68.3 cm³/mol. The number of aryl methyl sites for hydroxylation is 1. The van der Waals surface area contributed by atoms with Crippen LogP contribution in [0.15, 0.2) is 53.5 Å². The number of allylic oxidation sites excluding steroid dienone is 3. The van der Waals surface area contributed by atoms with Gasteiger partial charge in [0.15, 0.2) is 0 Å². The van der Waals surface area contributed by atoms with Crippen molar-refractivity contribution < 1.29 is 12.6 Å². The van der Waals surface area contributed by atoms with Gasteiger partial charge in [-0.25, -0.2) is 0 Å². The first-order valence-electron chi connectivity index (χ1n) is 5.30. The predicted octanol–water partition coefficient (Wildman–Crippen LogP) is 2.83. The third-order valence-electron chi connectivity index (χ3n) is 2.07. The summed E-state index contributed by atoms with van der Waals surface area (Å²) in [4.78, 5) is 0.183. The molecular weight excluding hydrogens is 236 g/mol. The van der Waals surface area contributed by atoms with Crippen molar-refractivity contribution in [3.8, 4) is 0 Å². The topological polar surface area (TPSA) is 43.4 Å². The summed E-state index contributed by atoms with van der Waals surface area (Å²) in [7, 11) is -3.64. The molecule has 0 aromatic heterocycles. The molecule has 0 atom stereocenters. The Balaban J connectivity index is 2.66. The van der Waals surface area contributed by atoms with Crippen LogP contribution in [0.4, 0.5) is 0 Å². The highest BCUT2D eigenvalue weighted by Crippen LogP contribution is 2.12. The Morgan fingerprint density at radius 1 is 1.18 bits per heavy atom. The van der Waals surface area contributed by atoms with Crippen LogP contribution in [0.5, 0.6) is 0 Å². The van der Waals surface area contributed by atoms with E-state index >= 15 is 0 Å². The van der Waals surface area contributed by atoms with E-state index in [1.54, 1.807) is 36.4 Å². The van der Waals surface area contributed by atoms with Gasteiger partial charge < -0.3 is 0 Å². The van der Waals surface area contributed by atoms with Gasteiger partial charge in [0.2, 0.25) is 0 Å². The first-order valence-corrected chi connectivity index (χ1v) is 6.71. The number of hydrogen-bond donors (Lipinski definition) is 0. The maximum atomic E-state index is 11.7. The van der Waals surface area contributed by atoms with E-state index in [0.717, 1.165) is 5.56 Å². The van der Waals surface area contributed by atoms with Crippen molar-refractivity contribution in [1.82, 2.24) is 0 Å². The number of rotatable bonds is 5. The van der Waals surface area contributed by atoms with Crippen LogP contribution in [0.3, 0.4) is 0 Å². The SMILES string of the molecule is C/C=C/C=C/COS(=O)(=O)c1ccc(C)cc1. The minimum absolute atomic E-state index is 0.0422. The van der Waals surface area contributed by atoms with Crippen LogP contribution in [0, 0.1) is 6.92 Å². The monoisotopic (exact) mass is 252 g/mol. The van der Waals surface area contributed by atoms with Crippen molar-refractivity contribution in [3.05, 3.63) is 54.1 Å². The molecule has 0 aliphatic carbocycles. The van der Waals surface area contributed by atoms with Crippen LogP contribution >= 0.6 is 0 Å². The Labute approximate surface area is 103 Å². The molecule has 3 nitrogen and oxygen atoms in total. The van der Waals surface area contributed by atoms with Gasteiger partial charge in [0.05, 0.1) is 11.5 Å². The zero-order valence-electron chi connectivity index (χ0n) is 9.96. The zero-order chi connectivity index (χ0) is 12.7. The van der Waals surface area contributed by atoms with Gasteiger partial charge in [-0.2, -0.15) is 8.42 Å². The average Bonchev–Trinajstić information content (AvgIpc) is 2.29. The molecular formula is C13H16O3S. The van der Waals surface area contributed by atoms with Crippen LogP contribution in [0.2, 0.25) is 0 Å². The van der Waals surface area contributed by atoms with Crippen molar-refractivity contribution in [2.24, 2.45) is 0 Å². The number of benzene rings is 1. The van der Waals surface area contributed by atoms with Gasteiger partial charge in [-0.15, -0.1) is 0 Å². The van der Waals surface area contributed by atoms with Gasteiger partial charge in [0.1, 0.15) is 0 Å². The summed E-state index contributed by atoms with van der Waals surface area (Å²) >= 11 is 0. The van der Waals surface area contributed by atoms with Gasteiger partial charge in [0, 0.05) is 0 Å². The molecule has 0 amide bonds. The van der Waals surface area contributed by atoms with E-state index in [-0.39, 0.29) is 11.5 Å². The molecule has 0 saturated carbocycles. The minimum Gasteiger partial charge on any atom is -0.262 e. The van der Waals surface area contributed by atoms with Gasteiger partial charge >= 0.3 is 0 Å². The van der Waals surface area contributed by atoms with Crippen molar-refractivity contribution >= 4 is 10.1 Å². The molecule has 0 heterocycles. The van der Waals surface area contributed by atoms with Gasteiger partial charge in [-0.05, 0) is 26.0 Å². The molecule has 0 aliphatic rings. The van der Waals surface area contributed by atoms with Gasteiger partial charge in [-0.1, -0.05) is 42.0 Å². The Kier molecular flexibility index (Phi) is 5.12. The van der Waals surface area contributed by atoms with E-state index in [2.05, 4.69) is 0 Å². The van der Waals surface area contributed by atoms with Crippen molar-refractivity contribution in [2.45, 2.75) is 18.7 Å². The van der Waals surface area contributed by atoms with Crippen LogP contribution in [0.25, 0.3) is 0 Å². The summed E-state index contributed by atoms with van der Waals surface area (Å²) < 4.78 is 28.3. The Bertz CT molecular complexity index is 496. The fourth-order valence-corrected chi connectivity index (χ4v) is 2.01. The number of hydrogen-bond acceptors (Lipinski definition) is 3. The first kappa shape index (κ1) is 13.7. The normalized spacial score (nSPS) is 12.6. The molecule has 1 rings (SSSR count). The van der Waals surface area contributed by atoms with E-state index in [1.807, 2.05) is 26.0 Å². The van der Waals surface area contributed by atoms with E-state index < -0.39 is 10.1 Å². The summed E-state index contributed by atoms with van der Waals surface area (Å²) in [5.41, 5.74) is 1.01. The van der Waals surface area contributed by atoms with Gasteiger partial charge in [0.25, 0.3) is 10.1 Å². The lowest BCUT2D eigenvalue weighted by atomic mass is 10.2. The second-order valence-corrected chi connectivity index (χ2v) is 5.12. The molecule has 0 aliphatic heterocycles. The summed E-state index contributed by atoms with van der Waals surface area (Å²) in [6.45, 7) is 3.83. The first-order chi connectivity index (χ1) is 8.06. The van der Waals surface area contributed by atoms with Crippen molar-refractivity contribution in [2.75, 3.05) is 6.61 Å². The lowest BCUT2D eigenvalue weighted by Gasteiger charge is -2.03. The largest absolute Gasteiger partial charge is 0.297 e. The average molecular weight is 252 g/mol. The highest BCUT2D eigenvalue weighted by atomic mass is 32.2. The molecule has 0 saturated heterocycles. The molecule has 1 aromatic carbocycles. The molecule has 0 radical (unpaired) electrons. The third kappa shape index (κ3) is 4.54. The second kappa shape index (κ2) is 6.37. The Morgan fingerprint density at radius 2 is 1.82 bits per heavy atom. The van der Waals surface area contributed by atoms with Crippen LogP contribution in [-0.2, 0) is 14.3 Å². The summed E-state index contributed by atoms with van der Waals surface area (Å²) in [5, 5.41) is 0. The van der Waals surface area contributed by atoms with Crippen LogP contribution < -0.4 is 0 Å². The molecule has 0 unspecified atom stereocenters. The van der Waals surface area contributed by atoms with E-state index in [1.165, 1.54) is 0 Å². The summed E-state index contributed by atoms with van der Waals surface area (Å²) in [6.07, 6.45) is 7.04. The van der Waals surface area contributed by atoms with E-state index in [0.29, 0.717) is 0 Å². The molecule has 92 valence electrons. The highest BCUT2D eigenvalue weighted by molar-refractivity contribution is 7.86. The fraction of sp³-hybridized carbons (Fsp3) is 0.231.